The molecule has 0 unspecified atom stereocenters. The van der Waals surface area contributed by atoms with Gasteiger partial charge in [-0.15, -0.1) is 0 Å². The molecular formula is C14H19ClN2O. The Morgan fingerprint density at radius 1 is 1.50 bits per heavy atom. The summed E-state index contributed by atoms with van der Waals surface area (Å²) in [5.74, 6) is 0.373. The Bertz CT molecular complexity index is 436. The Morgan fingerprint density at radius 3 is 2.89 bits per heavy atom. The number of rotatable bonds is 4. The van der Waals surface area contributed by atoms with Crippen LogP contribution in [-0.4, -0.2) is 30.6 Å². The second kappa shape index (κ2) is 5.61. The number of hydrogen-bond acceptors (Lipinski definition) is 1. The van der Waals surface area contributed by atoms with Crippen LogP contribution in [0.25, 0.3) is 0 Å². The molecule has 4 heteroatoms. The number of amides is 2. The van der Waals surface area contributed by atoms with Crippen LogP contribution < -0.4 is 5.32 Å². The van der Waals surface area contributed by atoms with Gasteiger partial charge in [-0.1, -0.05) is 36.7 Å². The maximum Gasteiger partial charge on any atom is 0.317 e. The van der Waals surface area contributed by atoms with Crippen molar-refractivity contribution in [1.29, 1.82) is 0 Å². The average molecular weight is 267 g/mol. The molecule has 1 aliphatic carbocycles. The fraction of sp³-hybridized carbons (Fsp3) is 0.500. The summed E-state index contributed by atoms with van der Waals surface area (Å²) in [5.41, 5.74) is 1.14. The number of urea groups is 1. The third-order valence-electron chi connectivity index (χ3n) is 3.31. The molecule has 1 saturated carbocycles. The van der Waals surface area contributed by atoms with Crippen molar-refractivity contribution in [3.8, 4) is 0 Å². The number of nitrogens with zero attached hydrogens (tertiary/aromatic N) is 1. The van der Waals surface area contributed by atoms with E-state index in [1.54, 1.807) is 4.90 Å². The van der Waals surface area contributed by atoms with Crippen LogP contribution in [0.3, 0.4) is 0 Å². The van der Waals surface area contributed by atoms with E-state index in [0.29, 0.717) is 5.92 Å². The highest BCUT2D eigenvalue weighted by molar-refractivity contribution is 6.31. The molecule has 0 radical (unpaired) electrons. The maximum atomic E-state index is 11.8. The lowest BCUT2D eigenvalue weighted by atomic mass is 10.1. The van der Waals surface area contributed by atoms with E-state index >= 15 is 0 Å². The van der Waals surface area contributed by atoms with Gasteiger partial charge >= 0.3 is 6.03 Å². The molecule has 1 aliphatic rings. The second-order valence-corrected chi connectivity index (χ2v) is 5.25. The van der Waals surface area contributed by atoms with Gasteiger partial charge in [0, 0.05) is 30.6 Å². The van der Waals surface area contributed by atoms with Crippen LogP contribution >= 0.6 is 11.6 Å². The third kappa shape index (κ3) is 2.96. The molecule has 0 saturated heterocycles. The minimum absolute atomic E-state index is 0.0106. The lowest BCUT2D eigenvalue weighted by Crippen LogP contribution is -2.39. The van der Waals surface area contributed by atoms with Crippen molar-refractivity contribution >= 4 is 17.6 Å². The van der Waals surface area contributed by atoms with Gasteiger partial charge in [0.15, 0.2) is 0 Å². The van der Waals surface area contributed by atoms with Crippen LogP contribution in [0.1, 0.15) is 31.2 Å². The van der Waals surface area contributed by atoms with E-state index in [9.17, 15) is 4.79 Å². The highest BCUT2D eigenvalue weighted by Crippen LogP contribution is 2.43. The molecule has 0 aromatic heterocycles. The zero-order valence-corrected chi connectivity index (χ0v) is 11.6. The number of halogens is 1. The zero-order chi connectivity index (χ0) is 13.1. The third-order valence-corrected chi connectivity index (χ3v) is 3.65. The first-order valence-corrected chi connectivity index (χ1v) is 6.77. The van der Waals surface area contributed by atoms with Gasteiger partial charge in [-0.3, -0.25) is 0 Å². The van der Waals surface area contributed by atoms with Gasteiger partial charge in [-0.2, -0.15) is 0 Å². The van der Waals surface area contributed by atoms with E-state index in [0.717, 1.165) is 30.0 Å². The minimum atomic E-state index is 0.0106. The van der Waals surface area contributed by atoms with Crippen molar-refractivity contribution in [3.63, 3.8) is 0 Å². The average Bonchev–Trinajstić information content (AvgIpc) is 3.09. The van der Waals surface area contributed by atoms with Gasteiger partial charge in [0.05, 0.1) is 0 Å². The van der Waals surface area contributed by atoms with Gasteiger partial charge in [0.25, 0.3) is 0 Å². The largest absolute Gasteiger partial charge is 0.335 e. The number of nitrogens with one attached hydrogen (secondary N) is 1. The highest BCUT2D eigenvalue weighted by atomic mass is 35.5. The normalized spacial score (nSPS) is 21.5. The van der Waals surface area contributed by atoms with Crippen molar-refractivity contribution in [2.75, 3.05) is 13.6 Å². The summed E-state index contributed by atoms with van der Waals surface area (Å²) < 4.78 is 0. The van der Waals surface area contributed by atoms with E-state index < -0.39 is 0 Å². The summed E-state index contributed by atoms with van der Waals surface area (Å²) in [4.78, 5) is 13.6. The van der Waals surface area contributed by atoms with Gasteiger partial charge in [0.2, 0.25) is 0 Å². The van der Waals surface area contributed by atoms with E-state index in [-0.39, 0.29) is 12.1 Å². The first-order valence-electron chi connectivity index (χ1n) is 6.39. The Balaban J connectivity index is 1.89. The Morgan fingerprint density at radius 2 is 2.22 bits per heavy atom. The molecule has 1 fully saturated rings. The van der Waals surface area contributed by atoms with Crippen molar-refractivity contribution in [3.05, 3.63) is 34.9 Å². The number of carbonyl (C=O) groups is 1. The molecule has 1 aromatic carbocycles. The van der Waals surface area contributed by atoms with Crippen LogP contribution in [0.4, 0.5) is 4.79 Å². The van der Waals surface area contributed by atoms with Crippen LogP contribution in [0.5, 0.6) is 0 Å². The topological polar surface area (TPSA) is 32.3 Å². The first kappa shape index (κ1) is 13.2. The lowest BCUT2D eigenvalue weighted by molar-refractivity contribution is 0.208. The molecule has 0 bridgehead atoms. The molecule has 0 aliphatic heterocycles. The molecule has 0 spiro atoms. The van der Waals surface area contributed by atoms with Crippen LogP contribution in [0.2, 0.25) is 5.02 Å². The number of carbonyl (C=O) groups excluding carboxylic acids is 1. The van der Waals surface area contributed by atoms with E-state index in [1.807, 2.05) is 31.3 Å². The predicted molar refractivity (Wildman–Crippen MR) is 74.1 cm³/mol. The Hall–Kier alpha value is -1.22. The lowest BCUT2D eigenvalue weighted by Gasteiger charge is -2.17. The van der Waals surface area contributed by atoms with Gasteiger partial charge in [-0.05, 0) is 24.5 Å². The van der Waals surface area contributed by atoms with E-state index in [2.05, 4.69) is 12.2 Å². The monoisotopic (exact) mass is 266 g/mol. The highest BCUT2D eigenvalue weighted by Gasteiger charge is 2.40. The molecule has 2 rings (SSSR count). The Kier molecular flexibility index (Phi) is 4.12. The van der Waals surface area contributed by atoms with Crippen LogP contribution in [0, 0.1) is 0 Å². The predicted octanol–water partition coefficient (Wildman–Crippen LogP) is 3.25. The van der Waals surface area contributed by atoms with Crippen molar-refractivity contribution in [2.45, 2.75) is 31.7 Å². The molecular weight excluding hydrogens is 248 g/mol. The Labute approximate surface area is 113 Å². The summed E-state index contributed by atoms with van der Waals surface area (Å²) in [6.45, 7) is 2.85. The fourth-order valence-corrected chi connectivity index (χ4v) is 2.46. The second-order valence-electron chi connectivity index (χ2n) is 4.84. The quantitative estimate of drug-likeness (QED) is 0.891. The van der Waals surface area contributed by atoms with Gasteiger partial charge in [-0.25, -0.2) is 4.79 Å². The summed E-state index contributed by atoms with van der Waals surface area (Å²) in [7, 11) is 1.83. The van der Waals surface area contributed by atoms with Crippen molar-refractivity contribution in [2.24, 2.45) is 0 Å². The zero-order valence-electron chi connectivity index (χ0n) is 10.8. The molecule has 1 aromatic rings. The molecule has 98 valence electrons. The molecule has 3 nitrogen and oxygen atoms in total. The van der Waals surface area contributed by atoms with Crippen molar-refractivity contribution in [1.82, 2.24) is 10.2 Å². The fourth-order valence-electron chi connectivity index (χ4n) is 2.18. The minimum Gasteiger partial charge on any atom is -0.335 e. The molecule has 2 atom stereocenters. The SMILES string of the molecule is CCCN(C)C(=O)N[C@@H]1C[C@@H]1c1ccccc1Cl. The summed E-state index contributed by atoms with van der Waals surface area (Å²) in [6, 6.07) is 8.10. The maximum absolute atomic E-state index is 11.8. The molecule has 18 heavy (non-hydrogen) atoms. The summed E-state index contributed by atoms with van der Waals surface area (Å²) in [6.07, 6.45) is 1.96. The summed E-state index contributed by atoms with van der Waals surface area (Å²) in [5, 5.41) is 3.84. The van der Waals surface area contributed by atoms with E-state index in [4.69, 9.17) is 11.6 Å². The smallest absolute Gasteiger partial charge is 0.317 e. The van der Waals surface area contributed by atoms with Crippen LogP contribution in [-0.2, 0) is 0 Å². The van der Waals surface area contributed by atoms with E-state index in [1.165, 1.54) is 0 Å². The molecule has 2 amide bonds. The summed E-state index contributed by atoms with van der Waals surface area (Å²) >= 11 is 6.15. The van der Waals surface area contributed by atoms with Gasteiger partial charge in [0.1, 0.15) is 0 Å². The molecule has 1 N–H and O–H groups in total. The number of benzene rings is 1. The van der Waals surface area contributed by atoms with Crippen LogP contribution in [0.15, 0.2) is 24.3 Å². The van der Waals surface area contributed by atoms with Gasteiger partial charge < -0.3 is 10.2 Å². The number of hydrogen-bond donors (Lipinski definition) is 1. The molecule has 0 heterocycles. The first-order chi connectivity index (χ1) is 8.63. The van der Waals surface area contributed by atoms with Crippen molar-refractivity contribution < 1.29 is 4.79 Å². The standard InChI is InChI=1S/C14H19ClN2O/c1-3-8-17(2)14(18)16-13-9-11(13)10-6-4-5-7-12(10)15/h4-7,11,13H,3,8-9H2,1-2H3,(H,16,18)/t11-,13-/m1/s1.